The fourth-order valence-electron chi connectivity index (χ4n) is 1.97. The average molecular weight is 280 g/mol. The lowest BCUT2D eigenvalue weighted by molar-refractivity contribution is 0.885. The monoisotopic (exact) mass is 279 g/mol. The molecule has 0 aliphatic carbocycles. The van der Waals surface area contributed by atoms with Gasteiger partial charge in [-0.05, 0) is 24.3 Å². The maximum Gasteiger partial charge on any atom is 0.133 e. The molecule has 0 saturated carbocycles. The quantitative estimate of drug-likeness (QED) is 0.710. The molecule has 2 aromatic carbocycles. The van der Waals surface area contributed by atoms with Crippen molar-refractivity contribution in [1.82, 2.24) is 9.78 Å². The predicted molar refractivity (Wildman–Crippen MR) is 78.7 cm³/mol. The van der Waals surface area contributed by atoms with E-state index in [1.807, 2.05) is 48.5 Å². The first-order chi connectivity index (χ1) is 9.78. The summed E-state index contributed by atoms with van der Waals surface area (Å²) in [5.74, 6) is 0. The second-order valence-electron chi connectivity index (χ2n) is 4.29. The molecular weight excluding hydrogens is 270 g/mol. The molecule has 0 unspecified atom stereocenters. The number of nitriles is 1. The molecule has 20 heavy (non-hydrogen) atoms. The SMILES string of the molecule is N#Cc1ccc(-n2nc(-c3ccccc3)cc2Cl)cc1. The fourth-order valence-corrected chi connectivity index (χ4v) is 2.21. The molecule has 0 fully saturated rings. The predicted octanol–water partition coefficient (Wildman–Crippen LogP) is 4.06. The Balaban J connectivity index is 2.03. The van der Waals surface area contributed by atoms with E-state index in [1.165, 1.54) is 0 Å². The van der Waals surface area contributed by atoms with Crippen molar-refractivity contribution in [2.24, 2.45) is 0 Å². The van der Waals surface area contributed by atoms with Crippen LogP contribution in [0.25, 0.3) is 16.9 Å². The Hall–Kier alpha value is -2.57. The number of hydrogen-bond donors (Lipinski definition) is 0. The zero-order chi connectivity index (χ0) is 13.9. The van der Waals surface area contributed by atoms with Crippen molar-refractivity contribution in [2.75, 3.05) is 0 Å². The Bertz CT molecular complexity index is 768. The Kier molecular flexibility index (Phi) is 3.24. The molecule has 0 aliphatic heterocycles. The van der Waals surface area contributed by atoms with Crippen molar-refractivity contribution in [3.05, 3.63) is 71.4 Å². The fraction of sp³-hybridized carbons (Fsp3) is 0. The van der Waals surface area contributed by atoms with Crippen molar-refractivity contribution in [2.45, 2.75) is 0 Å². The Labute approximate surface area is 121 Å². The standard InChI is InChI=1S/C16H10ClN3/c17-16-10-15(13-4-2-1-3-5-13)19-20(16)14-8-6-12(11-18)7-9-14/h1-10H. The molecule has 4 heteroatoms. The maximum absolute atomic E-state index is 8.81. The molecule has 0 N–H and O–H groups in total. The first-order valence-electron chi connectivity index (χ1n) is 6.09. The lowest BCUT2D eigenvalue weighted by Crippen LogP contribution is -1.96. The van der Waals surface area contributed by atoms with Crippen molar-refractivity contribution >= 4 is 11.6 Å². The van der Waals surface area contributed by atoms with E-state index in [0.29, 0.717) is 10.7 Å². The summed E-state index contributed by atoms with van der Waals surface area (Å²) in [6.45, 7) is 0. The summed E-state index contributed by atoms with van der Waals surface area (Å²) in [6, 6.07) is 20.9. The molecule has 0 radical (unpaired) electrons. The van der Waals surface area contributed by atoms with Crippen LogP contribution in [0.5, 0.6) is 0 Å². The number of benzene rings is 2. The molecule has 0 bridgehead atoms. The second-order valence-corrected chi connectivity index (χ2v) is 4.68. The highest BCUT2D eigenvalue weighted by molar-refractivity contribution is 6.30. The van der Waals surface area contributed by atoms with Crippen molar-refractivity contribution in [3.8, 4) is 23.0 Å². The summed E-state index contributed by atoms with van der Waals surface area (Å²) >= 11 is 6.24. The second kappa shape index (κ2) is 5.20. The largest absolute Gasteiger partial charge is 0.222 e. The molecular formula is C16H10ClN3. The zero-order valence-electron chi connectivity index (χ0n) is 10.5. The van der Waals surface area contributed by atoms with Gasteiger partial charge < -0.3 is 0 Å². The van der Waals surface area contributed by atoms with E-state index in [2.05, 4.69) is 11.2 Å². The highest BCUT2D eigenvalue weighted by Crippen LogP contribution is 2.24. The Morgan fingerprint density at radius 3 is 2.35 bits per heavy atom. The van der Waals surface area contributed by atoms with Crippen LogP contribution in [0.15, 0.2) is 60.7 Å². The van der Waals surface area contributed by atoms with Gasteiger partial charge in [-0.3, -0.25) is 0 Å². The van der Waals surface area contributed by atoms with Crippen LogP contribution in [-0.2, 0) is 0 Å². The first kappa shape index (κ1) is 12.5. The van der Waals surface area contributed by atoms with Gasteiger partial charge in [0.1, 0.15) is 5.15 Å². The highest BCUT2D eigenvalue weighted by atomic mass is 35.5. The van der Waals surface area contributed by atoms with Crippen LogP contribution in [-0.4, -0.2) is 9.78 Å². The smallest absolute Gasteiger partial charge is 0.133 e. The maximum atomic E-state index is 8.81. The van der Waals surface area contributed by atoms with Crippen molar-refractivity contribution in [1.29, 1.82) is 5.26 Å². The highest BCUT2D eigenvalue weighted by Gasteiger charge is 2.09. The number of rotatable bonds is 2. The Morgan fingerprint density at radius 1 is 1.00 bits per heavy atom. The van der Waals surface area contributed by atoms with E-state index >= 15 is 0 Å². The van der Waals surface area contributed by atoms with Crippen LogP contribution in [0.3, 0.4) is 0 Å². The van der Waals surface area contributed by atoms with Gasteiger partial charge >= 0.3 is 0 Å². The Morgan fingerprint density at radius 2 is 1.70 bits per heavy atom. The van der Waals surface area contributed by atoms with Crippen LogP contribution in [0, 0.1) is 11.3 Å². The van der Waals surface area contributed by atoms with E-state index in [1.54, 1.807) is 16.8 Å². The van der Waals surface area contributed by atoms with Crippen LogP contribution in [0.4, 0.5) is 0 Å². The van der Waals surface area contributed by atoms with Gasteiger partial charge in [-0.2, -0.15) is 10.4 Å². The molecule has 0 aliphatic rings. The van der Waals surface area contributed by atoms with Gasteiger partial charge in [0.15, 0.2) is 0 Å². The third-order valence-corrected chi connectivity index (χ3v) is 3.25. The summed E-state index contributed by atoms with van der Waals surface area (Å²) < 4.78 is 1.66. The minimum atomic E-state index is 0.536. The van der Waals surface area contributed by atoms with E-state index in [-0.39, 0.29) is 0 Å². The molecule has 0 spiro atoms. The van der Waals surface area contributed by atoms with Gasteiger partial charge in [0.25, 0.3) is 0 Å². The topological polar surface area (TPSA) is 41.6 Å². The van der Waals surface area contributed by atoms with Crippen molar-refractivity contribution in [3.63, 3.8) is 0 Å². The van der Waals surface area contributed by atoms with Crippen LogP contribution in [0.2, 0.25) is 5.15 Å². The third kappa shape index (κ3) is 2.29. The van der Waals surface area contributed by atoms with Crippen LogP contribution < -0.4 is 0 Å². The molecule has 96 valence electrons. The molecule has 1 heterocycles. The zero-order valence-corrected chi connectivity index (χ0v) is 11.2. The average Bonchev–Trinajstić information content (AvgIpc) is 2.90. The van der Waals surface area contributed by atoms with Gasteiger partial charge in [-0.15, -0.1) is 0 Å². The van der Waals surface area contributed by atoms with Crippen molar-refractivity contribution < 1.29 is 0 Å². The molecule has 3 aromatic rings. The van der Waals surface area contributed by atoms with E-state index in [4.69, 9.17) is 16.9 Å². The lowest BCUT2D eigenvalue weighted by Gasteiger charge is -2.02. The third-order valence-electron chi connectivity index (χ3n) is 2.98. The summed E-state index contributed by atoms with van der Waals surface area (Å²) in [5, 5.41) is 13.9. The first-order valence-corrected chi connectivity index (χ1v) is 6.47. The van der Waals surface area contributed by atoms with Crippen LogP contribution in [0.1, 0.15) is 5.56 Å². The molecule has 0 saturated heterocycles. The molecule has 3 nitrogen and oxygen atoms in total. The number of aromatic nitrogens is 2. The van der Waals surface area contributed by atoms with Gasteiger partial charge in [0.05, 0.1) is 23.0 Å². The number of nitrogens with zero attached hydrogens (tertiary/aromatic N) is 3. The van der Waals surface area contributed by atoms with Gasteiger partial charge in [-0.25, -0.2) is 4.68 Å². The van der Waals surface area contributed by atoms with Crippen LogP contribution >= 0.6 is 11.6 Å². The summed E-state index contributed by atoms with van der Waals surface area (Å²) in [6.07, 6.45) is 0. The van der Waals surface area contributed by atoms with E-state index in [9.17, 15) is 0 Å². The molecule has 0 amide bonds. The van der Waals surface area contributed by atoms with Gasteiger partial charge in [0.2, 0.25) is 0 Å². The summed E-state index contributed by atoms with van der Waals surface area (Å²) in [7, 11) is 0. The summed E-state index contributed by atoms with van der Waals surface area (Å²) in [5.41, 5.74) is 3.28. The van der Waals surface area contributed by atoms with E-state index < -0.39 is 0 Å². The van der Waals surface area contributed by atoms with E-state index in [0.717, 1.165) is 16.9 Å². The molecule has 3 rings (SSSR count). The van der Waals surface area contributed by atoms with Gasteiger partial charge in [0, 0.05) is 11.6 Å². The minimum absolute atomic E-state index is 0.536. The lowest BCUT2D eigenvalue weighted by atomic mass is 10.2. The number of halogens is 1. The molecule has 0 atom stereocenters. The number of hydrogen-bond acceptors (Lipinski definition) is 2. The molecule has 1 aromatic heterocycles. The summed E-state index contributed by atoms with van der Waals surface area (Å²) in [4.78, 5) is 0. The minimum Gasteiger partial charge on any atom is -0.222 e. The normalized spacial score (nSPS) is 10.2. The van der Waals surface area contributed by atoms with Gasteiger partial charge in [-0.1, -0.05) is 41.9 Å².